The van der Waals surface area contributed by atoms with E-state index in [0.717, 1.165) is 24.8 Å². The zero-order valence-corrected chi connectivity index (χ0v) is 15.3. The van der Waals surface area contributed by atoms with Gasteiger partial charge in [-0.3, -0.25) is 4.79 Å². The number of amides is 1. The van der Waals surface area contributed by atoms with Gasteiger partial charge in [-0.2, -0.15) is 0 Å². The van der Waals surface area contributed by atoms with Crippen LogP contribution in [0.25, 0.3) is 6.08 Å². The molecule has 1 N–H and O–H groups in total. The lowest BCUT2D eigenvalue weighted by Crippen LogP contribution is -2.29. The number of benzene rings is 1. The van der Waals surface area contributed by atoms with E-state index in [1.165, 1.54) is 24.5 Å². The van der Waals surface area contributed by atoms with Gasteiger partial charge in [0.05, 0.1) is 6.61 Å². The van der Waals surface area contributed by atoms with Crippen LogP contribution in [0.4, 0.5) is 0 Å². The number of ether oxygens (including phenoxy) is 2. The van der Waals surface area contributed by atoms with Crippen LogP contribution < -0.4 is 10.1 Å². The highest BCUT2D eigenvalue weighted by atomic mass is 16.5. The van der Waals surface area contributed by atoms with Crippen molar-refractivity contribution >= 4 is 18.0 Å². The minimum Gasteiger partial charge on any atom is -0.493 e. The van der Waals surface area contributed by atoms with Gasteiger partial charge in [-0.1, -0.05) is 29.8 Å². The van der Waals surface area contributed by atoms with Gasteiger partial charge < -0.3 is 14.8 Å². The Morgan fingerprint density at radius 2 is 2.08 bits per heavy atom. The van der Waals surface area contributed by atoms with E-state index >= 15 is 0 Å². The Balaban J connectivity index is 1.69. The fourth-order valence-electron chi connectivity index (χ4n) is 2.79. The van der Waals surface area contributed by atoms with E-state index in [0.29, 0.717) is 18.9 Å². The summed E-state index contributed by atoms with van der Waals surface area (Å²) in [5.41, 5.74) is 2.20. The molecule has 0 saturated carbocycles. The molecule has 0 radical (unpaired) electrons. The molecule has 2 rings (SSSR count). The summed E-state index contributed by atoms with van der Waals surface area (Å²) in [5.74, 6) is -0.131. The van der Waals surface area contributed by atoms with Crippen LogP contribution in [0.2, 0.25) is 0 Å². The van der Waals surface area contributed by atoms with Crippen LogP contribution in [0.3, 0.4) is 0 Å². The fraction of sp³-hybridized carbons (Fsp3) is 0.429. The molecule has 1 amide bonds. The molecular weight excluding hydrogens is 330 g/mol. The van der Waals surface area contributed by atoms with Gasteiger partial charge in [-0.05, 0) is 51.2 Å². The van der Waals surface area contributed by atoms with E-state index in [-0.39, 0.29) is 12.5 Å². The normalized spacial score (nSPS) is 14.0. The summed E-state index contributed by atoms with van der Waals surface area (Å²) in [7, 11) is 0. The molecule has 0 fully saturated rings. The van der Waals surface area contributed by atoms with E-state index in [1.807, 2.05) is 31.2 Å². The summed E-state index contributed by atoms with van der Waals surface area (Å²) in [6.45, 7) is 2.76. The number of hydrogen-bond acceptors (Lipinski definition) is 4. The van der Waals surface area contributed by atoms with Gasteiger partial charge in [-0.15, -0.1) is 0 Å². The molecular formula is C21H27NO4. The molecule has 1 aliphatic carbocycles. The largest absolute Gasteiger partial charge is 0.493 e. The first-order valence-electron chi connectivity index (χ1n) is 9.20. The maximum absolute atomic E-state index is 11.8. The molecule has 0 aliphatic heterocycles. The Bertz CT molecular complexity index is 664. The topological polar surface area (TPSA) is 64.6 Å². The monoisotopic (exact) mass is 357 g/mol. The molecule has 0 aromatic heterocycles. The lowest BCUT2D eigenvalue weighted by molar-refractivity contribution is -0.143. The highest BCUT2D eigenvalue weighted by Gasteiger charge is 2.07. The predicted octanol–water partition coefficient (Wildman–Crippen LogP) is 3.65. The molecule has 0 unspecified atom stereocenters. The standard InChI is InChI=1S/C21H27NO4/c1-2-25-19-11-7-6-10-18(19)12-13-21(24)26-16-20(23)22-15-14-17-8-4-3-5-9-17/h6-8,10-13H,2-5,9,14-16H2,1H3,(H,22,23)/b13-12+. The van der Waals surface area contributed by atoms with Crippen LogP contribution in [0.15, 0.2) is 42.0 Å². The highest BCUT2D eigenvalue weighted by Crippen LogP contribution is 2.20. The second-order valence-corrected chi connectivity index (χ2v) is 6.12. The molecule has 1 aliphatic rings. The summed E-state index contributed by atoms with van der Waals surface area (Å²) < 4.78 is 10.5. The molecule has 0 saturated heterocycles. The number of para-hydroxylation sites is 1. The van der Waals surface area contributed by atoms with Gasteiger partial charge in [0.2, 0.25) is 0 Å². The molecule has 0 atom stereocenters. The van der Waals surface area contributed by atoms with Crippen molar-refractivity contribution in [3.05, 3.63) is 47.6 Å². The Kier molecular flexibility index (Phi) is 8.46. The zero-order valence-electron chi connectivity index (χ0n) is 15.3. The van der Waals surface area contributed by atoms with Crippen molar-refractivity contribution in [2.24, 2.45) is 0 Å². The zero-order chi connectivity index (χ0) is 18.6. The van der Waals surface area contributed by atoms with Crippen LogP contribution in [0, 0.1) is 0 Å². The molecule has 1 aromatic carbocycles. The van der Waals surface area contributed by atoms with Crippen LogP contribution in [0.5, 0.6) is 5.75 Å². The van der Waals surface area contributed by atoms with Crippen LogP contribution >= 0.6 is 0 Å². The van der Waals surface area contributed by atoms with E-state index in [9.17, 15) is 9.59 Å². The first kappa shape index (κ1) is 19.8. The van der Waals surface area contributed by atoms with Crippen molar-refractivity contribution in [1.29, 1.82) is 0 Å². The second-order valence-electron chi connectivity index (χ2n) is 6.12. The van der Waals surface area contributed by atoms with Crippen molar-refractivity contribution < 1.29 is 19.1 Å². The number of allylic oxidation sites excluding steroid dienone is 1. The average Bonchev–Trinajstić information content (AvgIpc) is 2.67. The number of carbonyl (C=O) groups excluding carboxylic acids is 2. The van der Waals surface area contributed by atoms with Crippen LogP contribution in [-0.4, -0.2) is 31.6 Å². The summed E-state index contributed by atoms with van der Waals surface area (Å²) in [6, 6.07) is 7.42. The Morgan fingerprint density at radius 1 is 1.23 bits per heavy atom. The van der Waals surface area contributed by atoms with Gasteiger partial charge >= 0.3 is 5.97 Å². The molecule has 26 heavy (non-hydrogen) atoms. The van der Waals surface area contributed by atoms with Crippen molar-refractivity contribution in [3.8, 4) is 5.75 Å². The van der Waals surface area contributed by atoms with E-state index < -0.39 is 5.97 Å². The van der Waals surface area contributed by atoms with E-state index in [4.69, 9.17) is 9.47 Å². The van der Waals surface area contributed by atoms with Gasteiger partial charge in [0.25, 0.3) is 5.91 Å². The molecule has 0 bridgehead atoms. The maximum atomic E-state index is 11.8. The Hall–Kier alpha value is -2.56. The third kappa shape index (κ3) is 7.13. The number of carbonyl (C=O) groups is 2. The highest BCUT2D eigenvalue weighted by molar-refractivity contribution is 5.89. The van der Waals surface area contributed by atoms with Crippen molar-refractivity contribution in [3.63, 3.8) is 0 Å². The number of esters is 1. The lowest BCUT2D eigenvalue weighted by atomic mass is 9.97. The van der Waals surface area contributed by atoms with Gasteiger partial charge in [-0.25, -0.2) is 4.79 Å². The van der Waals surface area contributed by atoms with Crippen LogP contribution in [0.1, 0.15) is 44.6 Å². The van der Waals surface area contributed by atoms with E-state index in [2.05, 4.69) is 11.4 Å². The van der Waals surface area contributed by atoms with Gasteiger partial charge in [0, 0.05) is 18.2 Å². The van der Waals surface area contributed by atoms with Crippen LogP contribution in [-0.2, 0) is 14.3 Å². The lowest BCUT2D eigenvalue weighted by Gasteiger charge is -2.12. The van der Waals surface area contributed by atoms with Crippen molar-refractivity contribution in [2.45, 2.75) is 39.0 Å². The fourth-order valence-corrected chi connectivity index (χ4v) is 2.79. The molecule has 0 heterocycles. The first-order valence-corrected chi connectivity index (χ1v) is 9.20. The second kappa shape index (κ2) is 11.1. The molecule has 5 heteroatoms. The molecule has 140 valence electrons. The molecule has 5 nitrogen and oxygen atoms in total. The number of nitrogens with one attached hydrogen (secondary N) is 1. The predicted molar refractivity (Wildman–Crippen MR) is 102 cm³/mol. The summed E-state index contributed by atoms with van der Waals surface area (Å²) >= 11 is 0. The minimum absolute atomic E-state index is 0.269. The number of hydrogen-bond donors (Lipinski definition) is 1. The van der Waals surface area contributed by atoms with Gasteiger partial charge in [0.15, 0.2) is 6.61 Å². The minimum atomic E-state index is -0.554. The summed E-state index contributed by atoms with van der Waals surface area (Å²) in [6.07, 6.45) is 10.8. The van der Waals surface area contributed by atoms with Crippen molar-refractivity contribution in [1.82, 2.24) is 5.32 Å². The smallest absolute Gasteiger partial charge is 0.331 e. The SMILES string of the molecule is CCOc1ccccc1/C=C/C(=O)OCC(=O)NCCC1=CCCCC1. The third-order valence-corrected chi connectivity index (χ3v) is 4.12. The third-order valence-electron chi connectivity index (χ3n) is 4.12. The summed E-state index contributed by atoms with van der Waals surface area (Å²) in [4.78, 5) is 23.5. The quantitative estimate of drug-likeness (QED) is 0.416. The Labute approximate surface area is 155 Å². The molecule has 1 aromatic rings. The first-order chi connectivity index (χ1) is 12.7. The average molecular weight is 357 g/mol. The molecule has 0 spiro atoms. The van der Waals surface area contributed by atoms with Crippen molar-refractivity contribution in [2.75, 3.05) is 19.8 Å². The van der Waals surface area contributed by atoms with Gasteiger partial charge in [0.1, 0.15) is 5.75 Å². The summed E-state index contributed by atoms with van der Waals surface area (Å²) in [5, 5.41) is 2.78. The Morgan fingerprint density at radius 3 is 2.85 bits per heavy atom. The number of rotatable bonds is 9. The maximum Gasteiger partial charge on any atom is 0.331 e. The van der Waals surface area contributed by atoms with E-state index in [1.54, 1.807) is 6.08 Å².